The summed E-state index contributed by atoms with van der Waals surface area (Å²) in [4.78, 5) is 12.0. The van der Waals surface area contributed by atoms with E-state index in [2.05, 4.69) is 5.32 Å². The Labute approximate surface area is 149 Å². The summed E-state index contributed by atoms with van der Waals surface area (Å²) in [6.07, 6.45) is 3.11. The average Bonchev–Trinajstić information content (AvgIpc) is 3.08. The molecule has 1 amide bonds. The Balaban J connectivity index is 1.94. The van der Waals surface area contributed by atoms with E-state index in [0.717, 1.165) is 12.8 Å². The number of sulfonamides is 1. The molecule has 1 fully saturated rings. The van der Waals surface area contributed by atoms with Crippen molar-refractivity contribution in [1.82, 2.24) is 5.32 Å². The molecule has 1 aliphatic carbocycles. The van der Waals surface area contributed by atoms with Gasteiger partial charge in [0.05, 0.1) is 21.9 Å². The van der Waals surface area contributed by atoms with Crippen molar-refractivity contribution in [2.45, 2.75) is 55.2 Å². The van der Waals surface area contributed by atoms with Crippen LogP contribution in [-0.2, 0) is 24.7 Å². The van der Waals surface area contributed by atoms with E-state index in [-0.39, 0.29) is 28.2 Å². The third-order valence-corrected chi connectivity index (χ3v) is 7.66. The van der Waals surface area contributed by atoms with Crippen LogP contribution >= 0.6 is 0 Å². The van der Waals surface area contributed by atoms with Crippen LogP contribution in [0.15, 0.2) is 29.2 Å². The minimum atomic E-state index is -3.82. The van der Waals surface area contributed by atoms with Gasteiger partial charge in [0.2, 0.25) is 15.9 Å². The molecule has 0 aromatic heterocycles. The van der Waals surface area contributed by atoms with Crippen molar-refractivity contribution in [2.24, 2.45) is 5.14 Å². The van der Waals surface area contributed by atoms with Gasteiger partial charge in [-0.25, -0.2) is 22.0 Å². The first-order valence-corrected chi connectivity index (χ1v) is 11.5. The highest BCUT2D eigenvalue weighted by molar-refractivity contribution is 7.92. The lowest BCUT2D eigenvalue weighted by molar-refractivity contribution is -0.121. The Morgan fingerprint density at radius 2 is 1.88 bits per heavy atom. The molecular formula is C16H24N2O5S2. The predicted molar refractivity (Wildman–Crippen MR) is 95.0 cm³/mol. The number of rotatable bonds is 7. The maximum absolute atomic E-state index is 12.2. The van der Waals surface area contributed by atoms with Crippen molar-refractivity contribution in [1.29, 1.82) is 0 Å². The molecule has 0 radical (unpaired) electrons. The molecule has 1 aromatic carbocycles. The van der Waals surface area contributed by atoms with Gasteiger partial charge in [-0.3, -0.25) is 4.79 Å². The van der Waals surface area contributed by atoms with E-state index in [1.54, 1.807) is 19.1 Å². The zero-order chi connectivity index (χ0) is 18.7. The summed E-state index contributed by atoms with van der Waals surface area (Å²) < 4.78 is 47.2. The van der Waals surface area contributed by atoms with Gasteiger partial charge in [-0.1, -0.05) is 25.0 Å². The van der Waals surface area contributed by atoms with E-state index >= 15 is 0 Å². The molecular weight excluding hydrogens is 364 g/mol. The molecule has 0 spiro atoms. The van der Waals surface area contributed by atoms with E-state index < -0.39 is 25.9 Å². The Bertz CT molecular complexity index is 828. The number of carbonyl (C=O) groups excluding carboxylic acids is 1. The summed E-state index contributed by atoms with van der Waals surface area (Å²) in [5.41, 5.74) is 0.582. The number of amides is 1. The van der Waals surface area contributed by atoms with Crippen molar-refractivity contribution in [3.63, 3.8) is 0 Å². The predicted octanol–water partition coefficient (Wildman–Crippen LogP) is 1.26. The first kappa shape index (κ1) is 19.9. The van der Waals surface area contributed by atoms with Crippen molar-refractivity contribution in [3.8, 4) is 0 Å². The van der Waals surface area contributed by atoms with Crippen LogP contribution in [0, 0.1) is 0 Å². The maximum atomic E-state index is 12.2. The van der Waals surface area contributed by atoms with E-state index in [9.17, 15) is 21.6 Å². The first-order valence-electron chi connectivity index (χ1n) is 8.23. The fourth-order valence-electron chi connectivity index (χ4n) is 3.01. The highest BCUT2D eigenvalue weighted by Crippen LogP contribution is 2.25. The Kier molecular flexibility index (Phi) is 6.23. The van der Waals surface area contributed by atoms with E-state index in [4.69, 9.17) is 5.14 Å². The van der Waals surface area contributed by atoms with Crippen LogP contribution in [0.4, 0.5) is 0 Å². The molecule has 140 valence electrons. The van der Waals surface area contributed by atoms with Gasteiger partial charge in [-0.05, 0) is 37.5 Å². The van der Waals surface area contributed by atoms with Gasteiger partial charge in [0, 0.05) is 6.42 Å². The van der Waals surface area contributed by atoms with Gasteiger partial charge >= 0.3 is 0 Å². The molecule has 2 rings (SSSR count). The molecule has 0 aliphatic heterocycles. The number of carbonyl (C=O) groups is 1. The van der Waals surface area contributed by atoms with Crippen LogP contribution < -0.4 is 10.5 Å². The molecule has 1 aromatic rings. The third-order valence-electron chi connectivity index (χ3n) is 4.49. The molecule has 7 nitrogen and oxygen atoms in total. The fraction of sp³-hybridized carbons (Fsp3) is 0.562. The standard InChI is InChI=1S/C16H24N2O5S2/c1-12(13-5-4-8-15(11-13)25(17,22)23)18-16(19)9-10-24(20,21)14-6-2-3-7-14/h4-5,8,11-12,14H,2-3,6-7,9-10H2,1H3,(H,18,19)(H2,17,22,23). The average molecular weight is 389 g/mol. The Morgan fingerprint density at radius 1 is 1.24 bits per heavy atom. The van der Waals surface area contributed by atoms with Gasteiger partial charge in [0.15, 0.2) is 9.84 Å². The van der Waals surface area contributed by atoms with Crippen molar-refractivity contribution in [2.75, 3.05) is 5.75 Å². The second-order valence-electron chi connectivity index (χ2n) is 6.43. The molecule has 1 aliphatic rings. The SMILES string of the molecule is CC(NC(=O)CCS(=O)(=O)C1CCCC1)c1cccc(S(N)(=O)=O)c1. The van der Waals surface area contributed by atoms with Crippen LogP contribution in [0.1, 0.15) is 50.6 Å². The van der Waals surface area contributed by atoms with E-state index in [1.807, 2.05) is 0 Å². The molecule has 0 saturated heterocycles. The largest absolute Gasteiger partial charge is 0.350 e. The van der Waals surface area contributed by atoms with Gasteiger partial charge in [-0.15, -0.1) is 0 Å². The van der Waals surface area contributed by atoms with Crippen LogP contribution in [-0.4, -0.2) is 33.7 Å². The van der Waals surface area contributed by atoms with Gasteiger partial charge in [0.1, 0.15) is 0 Å². The number of nitrogens with two attached hydrogens (primary N) is 1. The molecule has 1 unspecified atom stereocenters. The minimum absolute atomic E-state index is 0.0325. The number of sulfone groups is 1. The zero-order valence-corrected chi connectivity index (χ0v) is 15.8. The van der Waals surface area contributed by atoms with Gasteiger partial charge in [-0.2, -0.15) is 0 Å². The van der Waals surface area contributed by atoms with Crippen LogP contribution in [0.25, 0.3) is 0 Å². The van der Waals surface area contributed by atoms with Crippen LogP contribution in [0.3, 0.4) is 0 Å². The van der Waals surface area contributed by atoms with Crippen molar-refractivity contribution in [3.05, 3.63) is 29.8 Å². The highest BCUT2D eigenvalue weighted by Gasteiger charge is 2.29. The summed E-state index contributed by atoms with van der Waals surface area (Å²) in [5.74, 6) is -0.539. The molecule has 1 atom stereocenters. The molecule has 25 heavy (non-hydrogen) atoms. The topological polar surface area (TPSA) is 123 Å². The van der Waals surface area contributed by atoms with Gasteiger partial charge in [0.25, 0.3) is 0 Å². The summed E-state index contributed by atoms with van der Waals surface area (Å²) in [6, 6.07) is 5.54. The highest BCUT2D eigenvalue weighted by atomic mass is 32.2. The van der Waals surface area contributed by atoms with E-state index in [1.165, 1.54) is 12.1 Å². The summed E-state index contributed by atoms with van der Waals surface area (Å²) in [5, 5.41) is 7.48. The fourth-order valence-corrected chi connectivity index (χ4v) is 5.43. The maximum Gasteiger partial charge on any atom is 0.238 e. The molecule has 0 heterocycles. The summed E-state index contributed by atoms with van der Waals surface area (Å²) in [6.45, 7) is 1.70. The lowest BCUT2D eigenvalue weighted by Gasteiger charge is -2.16. The molecule has 9 heteroatoms. The lowest BCUT2D eigenvalue weighted by Crippen LogP contribution is -2.30. The van der Waals surface area contributed by atoms with Crippen LogP contribution in [0.2, 0.25) is 0 Å². The van der Waals surface area contributed by atoms with Crippen molar-refractivity contribution < 1.29 is 21.6 Å². The third kappa shape index (κ3) is 5.52. The normalized spacial score (nSPS) is 17.4. The zero-order valence-electron chi connectivity index (χ0n) is 14.1. The second-order valence-corrected chi connectivity index (χ2v) is 10.4. The Morgan fingerprint density at radius 3 is 2.48 bits per heavy atom. The second kappa shape index (κ2) is 7.84. The first-order chi connectivity index (χ1) is 11.6. The minimum Gasteiger partial charge on any atom is -0.350 e. The number of hydrogen-bond donors (Lipinski definition) is 2. The lowest BCUT2D eigenvalue weighted by atomic mass is 10.1. The number of primary sulfonamides is 1. The molecule has 3 N–H and O–H groups in total. The van der Waals surface area contributed by atoms with Gasteiger partial charge < -0.3 is 5.32 Å². The summed E-state index contributed by atoms with van der Waals surface area (Å²) >= 11 is 0. The molecule has 0 bridgehead atoms. The summed E-state index contributed by atoms with van der Waals surface area (Å²) in [7, 11) is -7.06. The number of nitrogens with one attached hydrogen (secondary N) is 1. The number of hydrogen-bond acceptors (Lipinski definition) is 5. The monoisotopic (exact) mass is 388 g/mol. The smallest absolute Gasteiger partial charge is 0.238 e. The van der Waals surface area contributed by atoms with Crippen LogP contribution in [0.5, 0.6) is 0 Å². The molecule has 1 saturated carbocycles. The van der Waals surface area contributed by atoms with E-state index in [0.29, 0.717) is 18.4 Å². The van der Waals surface area contributed by atoms with Crippen molar-refractivity contribution >= 4 is 25.8 Å². The number of benzene rings is 1. The quantitative estimate of drug-likeness (QED) is 0.728. The Hall–Kier alpha value is -1.45.